The molecule has 0 radical (unpaired) electrons. The second kappa shape index (κ2) is 13.7. The minimum atomic E-state index is -0.331. The van der Waals surface area contributed by atoms with Crippen LogP contribution >= 0.6 is 0 Å². The summed E-state index contributed by atoms with van der Waals surface area (Å²) in [7, 11) is 0. The largest absolute Gasteiger partial charge is 2.00 e. The van der Waals surface area contributed by atoms with Gasteiger partial charge in [-0.3, -0.25) is 0 Å². The van der Waals surface area contributed by atoms with Crippen molar-refractivity contribution in [2.75, 3.05) is 0 Å². The van der Waals surface area contributed by atoms with E-state index in [0.29, 0.717) is 0 Å². The first-order valence-corrected chi connectivity index (χ1v) is 11.6. The summed E-state index contributed by atoms with van der Waals surface area (Å²) in [6.45, 7) is 0. The van der Waals surface area contributed by atoms with Crippen molar-refractivity contribution in [3.63, 3.8) is 0 Å². The molecule has 0 atom stereocenters. The Bertz CT molecular complexity index is 1290. The second-order valence-corrected chi connectivity index (χ2v) is 8.44. The molecule has 2 N–H and O–H groups in total. The first-order chi connectivity index (χ1) is 17.5. The number of hydrogen-bond acceptors (Lipinski definition) is 2. The fraction of sp³-hybridized carbons (Fsp3) is 0.0625. The molecule has 0 spiro atoms. The third-order valence-corrected chi connectivity index (χ3v) is 5.71. The molecule has 2 nitrogen and oxygen atoms in total. The summed E-state index contributed by atoms with van der Waals surface area (Å²) in [6, 6.07) is 36.5. The van der Waals surface area contributed by atoms with Gasteiger partial charge in [-0.25, -0.2) is 8.78 Å². The Labute approximate surface area is 234 Å². The van der Waals surface area contributed by atoms with Gasteiger partial charge in [-0.1, -0.05) is 12.1 Å². The molecule has 0 saturated carbocycles. The van der Waals surface area contributed by atoms with E-state index in [4.69, 9.17) is 10.2 Å². The van der Waals surface area contributed by atoms with E-state index < -0.39 is 0 Å². The molecule has 0 aliphatic carbocycles. The average Bonchev–Trinajstić information content (AvgIpc) is 3.50. The monoisotopic (exact) mass is 570 g/mol. The van der Waals surface area contributed by atoms with Crippen LogP contribution in [-0.2, 0) is 39.0 Å². The van der Waals surface area contributed by atoms with Crippen LogP contribution in [0.3, 0.4) is 0 Å². The SMILES string of the molecule is Oc1ccc(F)cc1.Oc1ccc(F)cc1.[Zr+2].c1ccc2[cH-]c(CCc3cc4ccccc4[cH-]3)cc2c1. The number of phenols is 2. The van der Waals surface area contributed by atoms with Gasteiger partial charge < -0.3 is 10.2 Å². The molecule has 0 amide bonds. The average molecular weight is 572 g/mol. The fourth-order valence-electron chi connectivity index (χ4n) is 3.89. The number of halogens is 2. The molecule has 6 rings (SSSR count). The summed E-state index contributed by atoms with van der Waals surface area (Å²) < 4.78 is 24.0. The van der Waals surface area contributed by atoms with Gasteiger partial charge in [0.25, 0.3) is 0 Å². The maximum Gasteiger partial charge on any atom is 2.00 e. The molecular weight excluding hydrogens is 546 g/mol. The van der Waals surface area contributed by atoms with Crippen molar-refractivity contribution in [3.05, 3.63) is 144 Å². The first kappa shape index (κ1) is 28.0. The van der Waals surface area contributed by atoms with Crippen molar-refractivity contribution in [2.24, 2.45) is 0 Å². The predicted octanol–water partition coefficient (Wildman–Crippen LogP) is 8.28. The summed E-state index contributed by atoms with van der Waals surface area (Å²) in [5.74, 6) is -0.483. The third kappa shape index (κ3) is 8.51. The predicted molar refractivity (Wildman–Crippen MR) is 143 cm³/mol. The molecule has 37 heavy (non-hydrogen) atoms. The Morgan fingerprint density at radius 2 is 0.865 bits per heavy atom. The molecule has 0 aromatic heterocycles. The zero-order chi connectivity index (χ0) is 25.3. The van der Waals surface area contributed by atoms with Crippen LogP contribution in [0, 0.1) is 11.6 Å². The molecule has 6 aromatic rings. The van der Waals surface area contributed by atoms with Crippen LogP contribution in [0.1, 0.15) is 11.1 Å². The van der Waals surface area contributed by atoms with Gasteiger partial charge in [-0.2, -0.15) is 12.1 Å². The molecule has 5 heteroatoms. The molecule has 0 unspecified atom stereocenters. The molecule has 0 fully saturated rings. The number of aryl methyl sites for hydroxylation is 2. The molecule has 0 saturated heterocycles. The molecule has 0 aliphatic heterocycles. The van der Waals surface area contributed by atoms with Gasteiger partial charge in [-0.05, 0) is 61.4 Å². The van der Waals surface area contributed by atoms with E-state index in [1.54, 1.807) is 0 Å². The fourth-order valence-corrected chi connectivity index (χ4v) is 3.89. The minimum absolute atomic E-state index is 0. The van der Waals surface area contributed by atoms with E-state index in [0.717, 1.165) is 12.8 Å². The summed E-state index contributed by atoms with van der Waals surface area (Å²) in [4.78, 5) is 0. The normalized spacial score (nSPS) is 10.1. The van der Waals surface area contributed by atoms with Gasteiger partial charge in [0.1, 0.15) is 23.1 Å². The van der Waals surface area contributed by atoms with E-state index >= 15 is 0 Å². The Hall–Kier alpha value is -3.56. The summed E-state index contributed by atoms with van der Waals surface area (Å²) in [5, 5.41) is 22.6. The Kier molecular flexibility index (Phi) is 10.4. The number of rotatable bonds is 3. The molecule has 0 bridgehead atoms. The second-order valence-electron chi connectivity index (χ2n) is 8.44. The molecule has 0 heterocycles. The number of hydrogen-bond donors (Lipinski definition) is 2. The van der Waals surface area contributed by atoms with Crippen LogP contribution in [0.2, 0.25) is 0 Å². The van der Waals surface area contributed by atoms with Crippen LogP contribution in [0.15, 0.2) is 121 Å². The Morgan fingerprint density at radius 1 is 0.514 bits per heavy atom. The Balaban J connectivity index is 0.000000186. The smallest absolute Gasteiger partial charge is 0.508 e. The maximum atomic E-state index is 12.0. The van der Waals surface area contributed by atoms with Crippen LogP contribution in [0.4, 0.5) is 8.78 Å². The van der Waals surface area contributed by atoms with Gasteiger partial charge in [0.2, 0.25) is 0 Å². The quantitative estimate of drug-likeness (QED) is 0.210. The van der Waals surface area contributed by atoms with Crippen LogP contribution in [0.25, 0.3) is 21.5 Å². The van der Waals surface area contributed by atoms with Crippen molar-refractivity contribution < 1.29 is 45.2 Å². The third-order valence-electron chi connectivity index (χ3n) is 5.71. The maximum absolute atomic E-state index is 12.0. The number of fused-ring (bicyclic) bond motifs is 2. The van der Waals surface area contributed by atoms with Crippen molar-refractivity contribution in [2.45, 2.75) is 12.8 Å². The van der Waals surface area contributed by atoms with E-state index in [1.807, 2.05) is 0 Å². The van der Waals surface area contributed by atoms with Crippen LogP contribution < -0.4 is 0 Å². The van der Waals surface area contributed by atoms with E-state index in [9.17, 15) is 8.78 Å². The zero-order valence-electron chi connectivity index (χ0n) is 20.1. The molecule has 0 aliphatic rings. The minimum Gasteiger partial charge on any atom is -0.508 e. The van der Waals surface area contributed by atoms with Gasteiger partial charge in [0.15, 0.2) is 0 Å². The summed E-state index contributed by atoms with van der Waals surface area (Å²) in [6.07, 6.45) is 2.23. The van der Waals surface area contributed by atoms with Gasteiger partial charge in [0, 0.05) is 0 Å². The van der Waals surface area contributed by atoms with Crippen molar-refractivity contribution in [3.8, 4) is 11.5 Å². The van der Waals surface area contributed by atoms with E-state index in [2.05, 4.69) is 72.8 Å². The molecule has 184 valence electrons. The van der Waals surface area contributed by atoms with Gasteiger partial charge >= 0.3 is 26.2 Å². The number of aromatic hydroxyl groups is 2. The van der Waals surface area contributed by atoms with Crippen molar-refractivity contribution >= 4 is 21.5 Å². The van der Waals surface area contributed by atoms with Crippen LogP contribution in [0.5, 0.6) is 11.5 Å². The van der Waals surface area contributed by atoms with Crippen LogP contribution in [-0.4, -0.2) is 10.2 Å². The van der Waals surface area contributed by atoms with E-state index in [-0.39, 0.29) is 49.3 Å². The van der Waals surface area contributed by atoms with Crippen molar-refractivity contribution in [1.82, 2.24) is 0 Å². The molecule has 6 aromatic carbocycles. The van der Waals surface area contributed by atoms with Gasteiger partial charge in [-0.15, -0.1) is 81.2 Å². The Morgan fingerprint density at radius 3 is 1.19 bits per heavy atom. The molecular formula is C32H26F2O2Zr. The topological polar surface area (TPSA) is 40.5 Å². The number of phenolic OH excluding ortho intramolecular Hbond substituents is 2. The first-order valence-electron chi connectivity index (χ1n) is 11.6. The van der Waals surface area contributed by atoms with E-state index in [1.165, 1.54) is 81.2 Å². The van der Waals surface area contributed by atoms with Gasteiger partial charge in [0.05, 0.1) is 0 Å². The summed E-state index contributed by atoms with van der Waals surface area (Å²) >= 11 is 0. The standard InChI is InChI=1S/C20H16.2C6H5FO.Zr/c1-2-6-18-12-15(11-17(18)5-1)9-10-16-13-19-7-3-4-8-20(19)14-16;2*7-5-1-3-6(8)4-2-5;/h1-8,11-14H,9-10H2;2*1-4,8H;/q-2;;;+2. The summed E-state index contributed by atoms with van der Waals surface area (Å²) in [5.41, 5.74) is 2.88. The van der Waals surface area contributed by atoms with Crippen molar-refractivity contribution in [1.29, 1.82) is 0 Å². The zero-order valence-corrected chi connectivity index (χ0v) is 22.6. The number of benzene rings is 4.